The first-order chi connectivity index (χ1) is 18.5. The molecule has 1 aromatic heterocycles. The Morgan fingerprint density at radius 1 is 0.949 bits per heavy atom. The molecule has 8 nitrogen and oxygen atoms in total. The number of aromatic nitrogens is 1. The molecule has 0 saturated heterocycles. The Kier molecular flexibility index (Phi) is 8.20. The molecular formula is C28H26F2N4O4S. The number of halogens is 2. The maximum absolute atomic E-state index is 13.7. The summed E-state index contributed by atoms with van der Waals surface area (Å²) in [5, 5.41) is 4.12. The van der Waals surface area contributed by atoms with Crippen LogP contribution in [0.2, 0.25) is 0 Å². The number of fused-ring (bicyclic) bond motifs is 1. The second-order valence-electron chi connectivity index (χ2n) is 9.00. The molecule has 4 aromatic rings. The minimum atomic E-state index is -4.24. The molecule has 0 saturated carbocycles. The molecule has 1 unspecified atom stereocenters. The summed E-state index contributed by atoms with van der Waals surface area (Å²) in [5.74, 6) is -1.85. The molecule has 1 heterocycles. The van der Waals surface area contributed by atoms with E-state index in [0.29, 0.717) is 11.4 Å². The summed E-state index contributed by atoms with van der Waals surface area (Å²) in [5.41, 5.74) is 0.701. The summed E-state index contributed by atoms with van der Waals surface area (Å²) < 4.78 is 54.9. The van der Waals surface area contributed by atoms with Gasteiger partial charge in [0.1, 0.15) is 23.5 Å². The maximum Gasteiger partial charge on any atom is 0.329 e. The van der Waals surface area contributed by atoms with Crippen molar-refractivity contribution in [3.63, 3.8) is 0 Å². The fourth-order valence-electron chi connectivity index (χ4n) is 4.15. The van der Waals surface area contributed by atoms with Gasteiger partial charge in [0.05, 0.1) is 4.90 Å². The normalized spacial score (nSPS) is 12.1. The van der Waals surface area contributed by atoms with Gasteiger partial charge in [-0.1, -0.05) is 42.5 Å². The first kappa shape index (κ1) is 27.6. The molecule has 0 bridgehead atoms. The fourth-order valence-corrected chi connectivity index (χ4v) is 5.31. The molecule has 2 N–H and O–H groups in total. The number of nitrogens with one attached hydrogen (secondary N) is 2. The molecule has 3 amide bonds. The zero-order valence-corrected chi connectivity index (χ0v) is 22.0. The van der Waals surface area contributed by atoms with Crippen molar-refractivity contribution in [3.8, 4) is 0 Å². The molecule has 4 rings (SSSR count). The van der Waals surface area contributed by atoms with Gasteiger partial charge in [-0.15, -0.1) is 0 Å². The maximum atomic E-state index is 13.7. The third-order valence-electron chi connectivity index (χ3n) is 6.15. The first-order valence-corrected chi connectivity index (χ1v) is 13.5. The van der Waals surface area contributed by atoms with Crippen molar-refractivity contribution in [2.45, 2.75) is 30.7 Å². The van der Waals surface area contributed by atoms with Crippen LogP contribution in [-0.4, -0.2) is 38.4 Å². The highest BCUT2D eigenvalue weighted by atomic mass is 32.2. The Hall–Kier alpha value is -4.38. The van der Waals surface area contributed by atoms with Crippen LogP contribution < -0.4 is 14.9 Å². The van der Waals surface area contributed by atoms with Gasteiger partial charge in [0.15, 0.2) is 0 Å². The van der Waals surface area contributed by atoms with E-state index in [9.17, 15) is 26.8 Å². The van der Waals surface area contributed by atoms with Gasteiger partial charge in [-0.05, 0) is 60.5 Å². The Morgan fingerprint density at radius 3 is 2.28 bits per heavy atom. The van der Waals surface area contributed by atoms with Crippen molar-refractivity contribution >= 4 is 38.6 Å². The summed E-state index contributed by atoms with van der Waals surface area (Å²) in [6.45, 7) is 1.59. The average molecular weight is 553 g/mol. The number of hydrogen-bond donors (Lipinski definition) is 2. The van der Waals surface area contributed by atoms with Crippen LogP contribution >= 0.6 is 0 Å². The van der Waals surface area contributed by atoms with Gasteiger partial charge in [0, 0.05) is 24.7 Å². The standard InChI is InChI=1S/C28H26F2N4O4S/c1-18-7-3-6-10-25(18)39(37,38)33-28(36)32-24(12-11-19-13-22(29)16-23(30)14-19)27(35)34(2)26-15-20-8-4-5-9-21(20)17-31-26/h3-10,13-17,24H,11-12H2,1-2H3,(H2,32,33,36). The van der Waals surface area contributed by atoms with E-state index in [2.05, 4.69) is 10.3 Å². The molecule has 39 heavy (non-hydrogen) atoms. The van der Waals surface area contributed by atoms with Gasteiger partial charge in [0.25, 0.3) is 15.9 Å². The van der Waals surface area contributed by atoms with Gasteiger partial charge in [-0.2, -0.15) is 0 Å². The van der Waals surface area contributed by atoms with E-state index < -0.39 is 39.6 Å². The van der Waals surface area contributed by atoms with Gasteiger partial charge < -0.3 is 5.32 Å². The Labute approximate surface area is 224 Å². The third-order valence-corrected chi connectivity index (χ3v) is 7.64. The van der Waals surface area contributed by atoms with Crippen molar-refractivity contribution in [1.29, 1.82) is 0 Å². The quantitative estimate of drug-likeness (QED) is 0.335. The van der Waals surface area contributed by atoms with Crippen LogP contribution in [0.5, 0.6) is 0 Å². The van der Waals surface area contributed by atoms with Crippen molar-refractivity contribution in [1.82, 2.24) is 15.0 Å². The zero-order valence-electron chi connectivity index (χ0n) is 21.2. The third kappa shape index (κ3) is 6.74. The van der Waals surface area contributed by atoms with Gasteiger partial charge in [-0.3, -0.25) is 9.69 Å². The number of urea groups is 1. The van der Waals surface area contributed by atoms with E-state index in [0.717, 1.165) is 29.0 Å². The summed E-state index contributed by atoms with van der Waals surface area (Å²) >= 11 is 0. The monoisotopic (exact) mass is 552 g/mol. The van der Waals surface area contributed by atoms with E-state index in [1.54, 1.807) is 31.3 Å². The van der Waals surface area contributed by atoms with Gasteiger partial charge in [0.2, 0.25) is 0 Å². The van der Waals surface area contributed by atoms with E-state index in [4.69, 9.17) is 0 Å². The van der Waals surface area contributed by atoms with Crippen molar-refractivity contribution in [2.75, 3.05) is 11.9 Å². The largest absolute Gasteiger partial charge is 0.329 e. The Bertz CT molecular complexity index is 1630. The summed E-state index contributed by atoms with van der Waals surface area (Å²) in [6.07, 6.45) is 1.56. The van der Waals surface area contributed by atoms with Crippen LogP contribution in [0, 0.1) is 18.6 Å². The Balaban J connectivity index is 1.57. The minimum absolute atomic E-state index is 0.0227. The number of anilines is 1. The molecule has 11 heteroatoms. The summed E-state index contributed by atoms with van der Waals surface area (Å²) in [6, 6.07) is 15.9. The number of benzene rings is 3. The number of carbonyl (C=O) groups is 2. The second-order valence-corrected chi connectivity index (χ2v) is 10.7. The molecule has 0 aliphatic rings. The molecule has 0 radical (unpaired) electrons. The van der Waals surface area contributed by atoms with E-state index in [-0.39, 0.29) is 23.3 Å². The molecule has 0 spiro atoms. The number of nitrogens with zero attached hydrogens (tertiary/aromatic N) is 2. The van der Waals surface area contributed by atoms with E-state index >= 15 is 0 Å². The van der Waals surface area contributed by atoms with Crippen molar-refractivity contribution in [2.24, 2.45) is 0 Å². The van der Waals surface area contributed by atoms with Crippen molar-refractivity contribution < 1.29 is 26.8 Å². The molecule has 0 fully saturated rings. The topological polar surface area (TPSA) is 108 Å². The Morgan fingerprint density at radius 2 is 1.59 bits per heavy atom. The van der Waals surface area contributed by atoms with Crippen LogP contribution in [0.1, 0.15) is 17.5 Å². The number of carbonyl (C=O) groups excluding carboxylic acids is 2. The highest BCUT2D eigenvalue weighted by Gasteiger charge is 2.28. The molecular weight excluding hydrogens is 526 g/mol. The van der Waals surface area contributed by atoms with Crippen LogP contribution in [-0.2, 0) is 21.2 Å². The smallest absolute Gasteiger partial charge is 0.325 e. The molecule has 0 aliphatic carbocycles. The lowest BCUT2D eigenvalue weighted by Crippen LogP contribution is -2.52. The lowest BCUT2D eigenvalue weighted by atomic mass is 10.0. The summed E-state index contributed by atoms with van der Waals surface area (Å²) in [4.78, 5) is 31.8. The number of pyridine rings is 1. The lowest BCUT2D eigenvalue weighted by Gasteiger charge is -2.24. The van der Waals surface area contributed by atoms with Crippen LogP contribution in [0.15, 0.2) is 83.9 Å². The summed E-state index contributed by atoms with van der Waals surface area (Å²) in [7, 11) is -2.76. The van der Waals surface area contributed by atoms with Gasteiger partial charge >= 0.3 is 6.03 Å². The van der Waals surface area contributed by atoms with Crippen LogP contribution in [0.3, 0.4) is 0 Å². The number of aryl methyl sites for hydroxylation is 2. The first-order valence-electron chi connectivity index (χ1n) is 12.0. The fraction of sp³-hybridized carbons (Fsp3) is 0.179. The molecule has 0 aliphatic heterocycles. The van der Waals surface area contributed by atoms with Crippen molar-refractivity contribution in [3.05, 3.63) is 102 Å². The zero-order chi connectivity index (χ0) is 28.2. The predicted octanol–water partition coefficient (Wildman–Crippen LogP) is 4.47. The molecule has 3 aromatic carbocycles. The van der Waals surface area contributed by atoms with E-state index in [1.807, 2.05) is 29.0 Å². The number of hydrogen-bond acceptors (Lipinski definition) is 5. The number of amides is 3. The number of likely N-dealkylation sites (N-methyl/N-ethyl adjacent to an activating group) is 1. The number of rotatable bonds is 8. The predicted molar refractivity (Wildman–Crippen MR) is 144 cm³/mol. The SMILES string of the molecule is Cc1ccccc1S(=O)(=O)NC(=O)NC(CCc1cc(F)cc(F)c1)C(=O)N(C)c1cc2ccccc2cn1. The van der Waals surface area contributed by atoms with Gasteiger partial charge in [-0.25, -0.2) is 31.7 Å². The highest BCUT2D eigenvalue weighted by molar-refractivity contribution is 7.90. The highest BCUT2D eigenvalue weighted by Crippen LogP contribution is 2.20. The van der Waals surface area contributed by atoms with Crippen LogP contribution in [0.4, 0.5) is 19.4 Å². The molecule has 1 atom stereocenters. The average Bonchev–Trinajstić information content (AvgIpc) is 2.89. The molecule has 202 valence electrons. The lowest BCUT2D eigenvalue weighted by molar-refractivity contribution is -0.120. The minimum Gasteiger partial charge on any atom is -0.325 e. The van der Waals surface area contributed by atoms with E-state index in [1.165, 1.54) is 24.1 Å². The van der Waals surface area contributed by atoms with Crippen LogP contribution in [0.25, 0.3) is 10.8 Å². The second kappa shape index (κ2) is 11.6. The number of sulfonamides is 1.